The van der Waals surface area contributed by atoms with Gasteiger partial charge in [-0.15, -0.1) is 12.4 Å². The molecule has 1 saturated carbocycles. The zero-order chi connectivity index (χ0) is 10.8. The molecule has 0 unspecified atom stereocenters. The van der Waals surface area contributed by atoms with Gasteiger partial charge in [0.05, 0.1) is 5.92 Å². The minimum Gasteiger partial charge on any atom is -0.481 e. The molecule has 0 radical (unpaired) electrons. The van der Waals surface area contributed by atoms with Gasteiger partial charge in [-0.3, -0.25) is 4.79 Å². The lowest BCUT2D eigenvalue weighted by Crippen LogP contribution is -2.27. The number of halogens is 1. The molecule has 0 saturated heterocycles. The molecule has 0 aromatic carbocycles. The Balaban J connectivity index is 0.00000128. The molecular formula is C11H17ClN2O2. The van der Waals surface area contributed by atoms with E-state index in [4.69, 9.17) is 5.11 Å². The van der Waals surface area contributed by atoms with Crippen LogP contribution < -0.4 is 0 Å². The summed E-state index contributed by atoms with van der Waals surface area (Å²) in [5, 5.41) is 9.16. The molecular weight excluding hydrogens is 228 g/mol. The maximum Gasteiger partial charge on any atom is 0.307 e. The van der Waals surface area contributed by atoms with E-state index in [0.29, 0.717) is 0 Å². The lowest BCUT2D eigenvalue weighted by Gasteiger charge is -2.27. The van der Waals surface area contributed by atoms with Gasteiger partial charge in [0.25, 0.3) is 0 Å². The minimum atomic E-state index is -0.678. The summed E-state index contributed by atoms with van der Waals surface area (Å²) in [5.41, 5.74) is 0. The molecule has 5 heteroatoms. The number of hydrogen-bond donors (Lipinski definition) is 1. The van der Waals surface area contributed by atoms with Gasteiger partial charge in [0.2, 0.25) is 0 Å². The van der Waals surface area contributed by atoms with Crippen molar-refractivity contribution in [3.05, 3.63) is 18.2 Å². The summed E-state index contributed by atoms with van der Waals surface area (Å²) in [6, 6.07) is 0. The summed E-state index contributed by atoms with van der Waals surface area (Å²) in [6.07, 6.45) is 7.49. The number of rotatable bonds is 2. The summed E-state index contributed by atoms with van der Waals surface area (Å²) in [7, 11) is 1.93. The zero-order valence-corrected chi connectivity index (χ0v) is 10.1. The molecule has 0 amide bonds. The highest BCUT2D eigenvalue weighted by molar-refractivity contribution is 5.85. The van der Waals surface area contributed by atoms with Gasteiger partial charge in [0.15, 0.2) is 0 Å². The predicted octanol–water partition coefficient (Wildman–Crippen LogP) is 2.20. The summed E-state index contributed by atoms with van der Waals surface area (Å²) in [5.74, 6) is 0.0842. The first-order valence-electron chi connectivity index (χ1n) is 5.40. The van der Waals surface area contributed by atoms with E-state index in [-0.39, 0.29) is 24.2 Å². The molecule has 2 atom stereocenters. The lowest BCUT2D eigenvalue weighted by atomic mass is 9.79. The van der Waals surface area contributed by atoms with Crippen molar-refractivity contribution in [2.24, 2.45) is 13.0 Å². The molecule has 90 valence electrons. The molecule has 1 heterocycles. The molecule has 1 aromatic rings. The molecule has 0 bridgehead atoms. The molecule has 1 N–H and O–H groups in total. The molecule has 16 heavy (non-hydrogen) atoms. The molecule has 2 rings (SSSR count). The highest BCUT2D eigenvalue weighted by Gasteiger charge is 2.33. The van der Waals surface area contributed by atoms with Crippen molar-refractivity contribution in [3.8, 4) is 0 Å². The average Bonchev–Trinajstić information content (AvgIpc) is 2.64. The summed E-state index contributed by atoms with van der Waals surface area (Å²) in [6.45, 7) is 0. The topological polar surface area (TPSA) is 55.1 Å². The number of nitrogens with zero attached hydrogens (tertiary/aromatic N) is 2. The van der Waals surface area contributed by atoms with E-state index in [1.807, 2.05) is 17.8 Å². The van der Waals surface area contributed by atoms with E-state index in [1.165, 1.54) is 0 Å². The van der Waals surface area contributed by atoms with Crippen LogP contribution in [0.5, 0.6) is 0 Å². The Hall–Kier alpha value is -1.03. The second-order valence-electron chi connectivity index (χ2n) is 4.23. The van der Waals surface area contributed by atoms with Crippen molar-refractivity contribution >= 4 is 18.4 Å². The zero-order valence-electron chi connectivity index (χ0n) is 9.30. The number of carboxylic acids is 1. The summed E-state index contributed by atoms with van der Waals surface area (Å²) < 4.78 is 1.94. The van der Waals surface area contributed by atoms with Crippen molar-refractivity contribution in [1.82, 2.24) is 9.55 Å². The molecule has 0 spiro atoms. The van der Waals surface area contributed by atoms with Gasteiger partial charge in [0, 0.05) is 25.4 Å². The fourth-order valence-electron chi connectivity index (χ4n) is 2.47. The van der Waals surface area contributed by atoms with Gasteiger partial charge < -0.3 is 9.67 Å². The Morgan fingerprint density at radius 3 is 2.75 bits per heavy atom. The van der Waals surface area contributed by atoms with Crippen LogP contribution in [0.1, 0.15) is 37.4 Å². The molecule has 1 aliphatic carbocycles. The first-order chi connectivity index (χ1) is 7.20. The Bertz CT molecular complexity index is 365. The third-order valence-corrected chi connectivity index (χ3v) is 3.27. The van der Waals surface area contributed by atoms with Gasteiger partial charge in [0.1, 0.15) is 5.82 Å². The first kappa shape index (κ1) is 13.0. The van der Waals surface area contributed by atoms with Gasteiger partial charge in [-0.05, 0) is 12.8 Å². The second-order valence-corrected chi connectivity index (χ2v) is 4.23. The average molecular weight is 245 g/mol. The Morgan fingerprint density at radius 2 is 2.19 bits per heavy atom. The monoisotopic (exact) mass is 244 g/mol. The van der Waals surface area contributed by atoms with Crippen LogP contribution in [0.15, 0.2) is 12.4 Å². The standard InChI is InChI=1S/C11H16N2O2.ClH/c1-13-7-6-12-10(13)8-4-2-3-5-9(8)11(14)15;/h6-9H,2-5H2,1H3,(H,14,15);1H/t8-,9+;/m1./s1. The van der Waals surface area contributed by atoms with Crippen LogP contribution in [0.4, 0.5) is 0 Å². The van der Waals surface area contributed by atoms with Gasteiger partial charge in [-0.25, -0.2) is 4.98 Å². The number of carboxylic acid groups (broad SMARTS) is 1. The smallest absolute Gasteiger partial charge is 0.307 e. The van der Waals surface area contributed by atoms with E-state index >= 15 is 0 Å². The predicted molar refractivity (Wildman–Crippen MR) is 62.8 cm³/mol. The number of aliphatic carboxylic acids is 1. The number of aromatic nitrogens is 2. The summed E-state index contributed by atoms with van der Waals surface area (Å²) >= 11 is 0. The van der Waals surface area contributed by atoms with Crippen LogP contribution >= 0.6 is 12.4 Å². The lowest BCUT2D eigenvalue weighted by molar-refractivity contribution is -0.143. The van der Waals surface area contributed by atoms with E-state index in [1.54, 1.807) is 6.20 Å². The van der Waals surface area contributed by atoms with Crippen LogP contribution in [0, 0.1) is 5.92 Å². The highest BCUT2D eigenvalue weighted by atomic mass is 35.5. The maximum atomic E-state index is 11.1. The molecule has 0 aliphatic heterocycles. The number of carbonyl (C=O) groups is 1. The molecule has 4 nitrogen and oxygen atoms in total. The van der Waals surface area contributed by atoms with Gasteiger partial charge >= 0.3 is 5.97 Å². The molecule has 1 aromatic heterocycles. The van der Waals surface area contributed by atoms with E-state index in [9.17, 15) is 4.79 Å². The van der Waals surface area contributed by atoms with E-state index < -0.39 is 5.97 Å². The first-order valence-corrected chi connectivity index (χ1v) is 5.40. The fourth-order valence-corrected chi connectivity index (χ4v) is 2.47. The van der Waals surface area contributed by atoms with Crippen LogP contribution in [0.2, 0.25) is 0 Å². The van der Waals surface area contributed by atoms with E-state index in [2.05, 4.69) is 4.98 Å². The third-order valence-electron chi connectivity index (χ3n) is 3.27. The second kappa shape index (κ2) is 5.34. The minimum absolute atomic E-state index is 0. The molecule has 1 fully saturated rings. The highest BCUT2D eigenvalue weighted by Crippen LogP contribution is 2.36. The number of hydrogen-bond acceptors (Lipinski definition) is 2. The normalized spacial score (nSPS) is 24.8. The fraction of sp³-hybridized carbons (Fsp3) is 0.636. The SMILES string of the molecule is Cl.Cn1ccnc1[C@@H]1CCCC[C@@H]1C(=O)O. The van der Waals surface area contributed by atoms with Crippen molar-refractivity contribution in [2.75, 3.05) is 0 Å². The Morgan fingerprint density at radius 1 is 1.50 bits per heavy atom. The largest absolute Gasteiger partial charge is 0.481 e. The quantitative estimate of drug-likeness (QED) is 0.868. The number of imidazole rings is 1. The van der Waals surface area contributed by atoms with Crippen molar-refractivity contribution < 1.29 is 9.90 Å². The van der Waals surface area contributed by atoms with E-state index in [0.717, 1.165) is 31.5 Å². The Labute approximate surface area is 101 Å². The van der Waals surface area contributed by atoms with Crippen LogP contribution in [-0.4, -0.2) is 20.6 Å². The van der Waals surface area contributed by atoms with Crippen LogP contribution in [0.25, 0.3) is 0 Å². The van der Waals surface area contributed by atoms with Crippen LogP contribution in [0.3, 0.4) is 0 Å². The number of aryl methyl sites for hydroxylation is 1. The van der Waals surface area contributed by atoms with Crippen molar-refractivity contribution in [1.29, 1.82) is 0 Å². The van der Waals surface area contributed by atoms with Gasteiger partial charge in [-0.2, -0.15) is 0 Å². The van der Waals surface area contributed by atoms with Crippen molar-refractivity contribution in [2.45, 2.75) is 31.6 Å². The molecule has 1 aliphatic rings. The van der Waals surface area contributed by atoms with Crippen molar-refractivity contribution in [3.63, 3.8) is 0 Å². The maximum absolute atomic E-state index is 11.1. The third kappa shape index (κ3) is 2.38. The Kier molecular flexibility index (Phi) is 4.35. The van der Waals surface area contributed by atoms with Crippen LogP contribution in [-0.2, 0) is 11.8 Å². The van der Waals surface area contributed by atoms with Gasteiger partial charge in [-0.1, -0.05) is 12.8 Å². The summed E-state index contributed by atoms with van der Waals surface area (Å²) in [4.78, 5) is 15.4.